The number of hydrogen-bond acceptors (Lipinski definition) is 3. The smallest absolute Gasteiger partial charge is 0.244 e. The van der Waals surface area contributed by atoms with Gasteiger partial charge in [-0.2, -0.15) is 0 Å². The van der Waals surface area contributed by atoms with E-state index in [0.29, 0.717) is 11.6 Å². The third-order valence-electron chi connectivity index (χ3n) is 4.13. The van der Waals surface area contributed by atoms with E-state index in [1.807, 2.05) is 42.1 Å². The van der Waals surface area contributed by atoms with Crippen molar-refractivity contribution in [3.8, 4) is 5.75 Å². The second-order valence-corrected chi connectivity index (χ2v) is 6.00. The second kappa shape index (κ2) is 8.31. The molecule has 138 valence electrons. The molecule has 0 aliphatic rings. The molecule has 0 saturated heterocycles. The lowest BCUT2D eigenvalue weighted by Crippen LogP contribution is -2.29. The lowest BCUT2D eigenvalue weighted by Gasteiger charge is -2.19. The summed E-state index contributed by atoms with van der Waals surface area (Å²) < 4.78 is 20.1. The monoisotopic (exact) mass is 365 g/mol. The van der Waals surface area contributed by atoms with Gasteiger partial charge in [0.25, 0.3) is 0 Å². The molecule has 1 amide bonds. The van der Waals surface area contributed by atoms with Crippen LogP contribution >= 0.6 is 0 Å². The normalized spacial score (nSPS) is 12.1. The lowest BCUT2D eigenvalue weighted by atomic mass is 10.1. The van der Waals surface area contributed by atoms with Crippen molar-refractivity contribution in [2.24, 2.45) is 7.05 Å². The number of carbonyl (C=O) groups excluding carboxylic acids is 1. The summed E-state index contributed by atoms with van der Waals surface area (Å²) in [4.78, 5) is 16.9. The molecule has 3 rings (SSSR count). The first kappa shape index (κ1) is 18.4. The molecule has 1 heterocycles. The number of amides is 1. The number of hydrogen-bond donors (Lipinski definition) is 1. The maximum absolute atomic E-state index is 13.0. The van der Waals surface area contributed by atoms with Crippen molar-refractivity contribution in [2.45, 2.75) is 6.04 Å². The molecular weight excluding hydrogens is 345 g/mol. The highest BCUT2D eigenvalue weighted by Gasteiger charge is 2.20. The first-order chi connectivity index (χ1) is 13.1. The summed E-state index contributed by atoms with van der Waals surface area (Å²) in [6.07, 6.45) is 6.56. The van der Waals surface area contributed by atoms with E-state index in [2.05, 4.69) is 10.3 Å². The molecular formula is C21H20FN3O2. The SMILES string of the molecule is COc1cccc(C(NC(=O)/C=C/c2ccc(F)cc2)c2nccn2C)c1. The van der Waals surface area contributed by atoms with E-state index >= 15 is 0 Å². The predicted molar refractivity (Wildman–Crippen MR) is 102 cm³/mol. The zero-order valence-corrected chi connectivity index (χ0v) is 15.1. The Labute approximate surface area is 157 Å². The zero-order chi connectivity index (χ0) is 19.2. The number of imidazole rings is 1. The first-order valence-corrected chi connectivity index (χ1v) is 8.42. The topological polar surface area (TPSA) is 56.1 Å². The van der Waals surface area contributed by atoms with Gasteiger partial charge in [0.1, 0.15) is 23.4 Å². The fourth-order valence-corrected chi connectivity index (χ4v) is 2.71. The summed E-state index contributed by atoms with van der Waals surface area (Å²) in [5.41, 5.74) is 1.59. The Kier molecular flexibility index (Phi) is 5.66. The highest BCUT2D eigenvalue weighted by atomic mass is 19.1. The number of nitrogens with one attached hydrogen (secondary N) is 1. The standard InChI is InChI=1S/C21H20FN3O2/c1-25-13-12-23-21(25)20(16-4-3-5-18(14-16)27-2)24-19(26)11-8-15-6-9-17(22)10-7-15/h3-14,20H,1-2H3,(H,24,26)/b11-8+. The summed E-state index contributed by atoms with van der Waals surface area (Å²) in [5.74, 6) is 0.800. The quantitative estimate of drug-likeness (QED) is 0.681. The zero-order valence-electron chi connectivity index (χ0n) is 15.1. The number of nitrogens with zero attached hydrogens (tertiary/aromatic N) is 2. The fraction of sp³-hybridized carbons (Fsp3) is 0.143. The van der Waals surface area contributed by atoms with Crippen molar-refractivity contribution in [3.63, 3.8) is 0 Å². The van der Waals surface area contributed by atoms with E-state index in [1.165, 1.54) is 18.2 Å². The highest BCUT2D eigenvalue weighted by Crippen LogP contribution is 2.24. The van der Waals surface area contributed by atoms with Gasteiger partial charge in [-0.3, -0.25) is 4.79 Å². The van der Waals surface area contributed by atoms with Crippen molar-refractivity contribution in [2.75, 3.05) is 7.11 Å². The van der Waals surface area contributed by atoms with Gasteiger partial charge in [0.15, 0.2) is 0 Å². The predicted octanol–water partition coefficient (Wildman–Crippen LogP) is 3.49. The van der Waals surface area contributed by atoms with Crippen LogP contribution in [0.25, 0.3) is 6.08 Å². The van der Waals surface area contributed by atoms with Crippen LogP contribution in [0.4, 0.5) is 4.39 Å². The van der Waals surface area contributed by atoms with Crippen LogP contribution in [0.2, 0.25) is 0 Å². The van der Waals surface area contributed by atoms with E-state index in [9.17, 15) is 9.18 Å². The number of halogens is 1. The number of methoxy groups -OCH3 is 1. The van der Waals surface area contributed by atoms with Crippen molar-refractivity contribution < 1.29 is 13.9 Å². The van der Waals surface area contributed by atoms with Crippen molar-refractivity contribution in [1.82, 2.24) is 14.9 Å². The van der Waals surface area contributed by atoms with E-state index in [-0.39, 0.29) is 11.7 Å². The van der Waals surface area contributed by atoms with Crippen LogP contribution in [0.1, 0.15) is 23.0 Å². The molecule has 3 aromatic rings. The fourth-order valence-electron chi connectivity index (χ4n) is 2.71. The average Bonchev–Trinajstić information content (AvgIpc) is 3.11. The van der Waals surface area contributed by atoms with Gasteiger partial charge in [0, 0.05) is 25.5 Å². The van der Waals surface area contributed by atoms with Gasteiger partial charge < -0.3 is 14.6 Å². The van der Waals surface area contributed by atoms with Crippen LogP contribution in [-0.2, 0) is 11.8 Å². The number of carbonyl (C=O) groups is 1. The molecule has 6 heteroatoms. The Bertz CT molecular complexity index is 948. The van der Waals surface area contributed by atoms with E-state index < -0.39 is 6.04 Å². The summed E-state index contributed by atoms with van der Waals surface area (Å²) in [6, 6.07) is 13.0. The van der Waals surface area contributed by atoms with Crippen molar-refractivity contribution in [3.05, 3.63) is 89.8 Å². The molecule has 0 spiro atoms. The molecule has 1 aromatic heterocycles. The van der Waals surface area contributed by atoms with Crippen molar-refractivity contribution >= 4 is 12.0 Å². The number of ether oxygens (including phenoxy) is 1. The molecule has 0 bridgehead atoms. The summed E-state index contributed by atoms with van der Waals surface area (Å²) in [7, 11) is 3.47. The third-order valence-corrected chi connectivity index (χ3v) is 4.13. The van der Waals surface area contributed by atoms with Gasteiger partial charge in [-0.15, -0.1) is 0 Å². The van der Waals surface area contributed by atoms with E-state index in [1.54, 1.807) is 31.5 Å². The van der Waals surface area contributed by atoms with Crippen LogP contribution in [0.15, 0.2) is 67.0 Å². The highest BCUT2D eigenvalue weighted by molar-refractivity contribution is 5.92. The lowest BCUT2D eigenvalue weighted by molar-refractivity contribution is -0.117. The van der Waals surface area contributed by atoms with Gasteiger partial charge in [0.05, 0.1) is 7.11 Å². The summed E-state index contributed by atoms with van der Waals surface area (Å²) >= 11 is 0. The molecule has 0 aliphatic carbocycles. The Morgan fingerprint density at radius 2 is 2.04 bits per heavy atom. The molecule has 0 aliphatic heterocycles. The maximum atomic E-state index is 13.0. The molecule has 27 heavy (non-hydrogen) atoms. The van der Waals surface area contributed by atoms with Gasteiger partial charge in [0.2, 0.25) is 5.91 Å². The second-order valence-electron chi connectivity index (χ2n) is 6.00. The Morgan fingerprint density at radius 3 is 2.70 bits per heavy atom. The molecule has 0 saturated carbocycles. The van der Waals surface area contributed by atoms with Gasteiger partial charge >= 0.3 is 0 Å². The molecule has 1 atom stereocenters. The Hall–Kier alpha value is -3.41. The minimum absolute atomic E-state index is 0.282. The van der Waals surface area contributed by atoms with E-state index in [0.717, 1.165) is 11.1 Å². The molecule has 0 radical (unpaired) electrons. The van der Waals surface area contributed by atoms with Crippen molar-refractivity contribution in [1.29, 1.82) is 0 Å². The van der Waals surface area contributed by atoms with Gasteiger partial charge in [-0.25, -0.2) is 9.37 Å². The number of aromatic nitrogens is 2. The van der Waals surface area contributed by atoms with E-state index in [4.69, 9.17) is 4.74 Å². The molecule has 5 nitrogen and oxygen atoms in total. The number of rotatable bonds is 6. The molecule has 1 N–H and O–H groups in total. The number of aryl methyl sites for hydroxylation is 1. The minimum atomic E-state index is -0.439. The van der Waals surface area contributed by atoms with Crippen LogP contribution in [0.3, 0.4) is 0 Å². The summed E-state index contributed by atoms with van der Waals surface area (Å²) in [5, 5.41) is 2.97. The van der Waals surface area contributed by atoms with Crippen LogP contribution in [-0.4, -0.2) is 22.6 Å². The minimum Gasteiger partial charge on any atom is -0.497 e. The summed E-state index contributed by atoms with van der Waals surface area (Å²) in [6.45, 7) is 0. The third kappa shape index (κ3) is 4.61. The van der Waals surface area contributed by atoms with Crippen LogP contribution in [0.5, 0.6) is 5.75 Å². The van der Waals surface area contributed by atoms with Gasteiger partial charge in [-0.05, 0) is 41.5 Å². The largest absolute Gasteiger partial charge is 0.497 e. The average molecular weight is 365 g/mol. The molecule has 2 aromatic carbocycles. The Morgan fingerprint density at radius 1 is 1.26 bits per heavy atom. The molecule has 0 fully saturated rings. The van der Waals surface area contributed by atoms with Gasteiger partial charge in [-0.1, -0.05) is 24.3 Å². The Balaban J connectivity index is 1.84. The number of benzene rings is 2. The van der Waals surface area contributed by atoms with Crippen LogP contribution in [0, 0.1) is 5.82 Å². The molecule has 1 unspecified atom stereocenters. The van der Waals surface area contributed by atoms with Crippen LogP contribution < -0.4 is 10.1 Å². The first-order valence-electron chi connectivity index (χ1n) is 8.42. The maximum Gasteiger partial charge on any atom is 0.244 e.